The summed E-state index contributed by atoms with van der Waals surface area (Å²) >= 11 is 0. The van der Waals surface area contributed by atoms with Crippen LogP contribution in [-0.4, -0.2) is 25.6 Å². The van der Waals surface area contributed by atoms with Crippen LogP contribution in [0.3, 0.4) is 0 Å². The standard InChI is InChI=1S/C25H21FN6/c1-16(2)29-21-15-24-22(14-20(21)31-25-27-12-5-13-28-25)30-19-6-3-4-7-23(19)32(24)18-10-8-17(26)9-11-18/h3-16H,1-2H3,(H,27,28,31)/b29-21+. The van der Waals surface area contributed by atoms with E-state index in [0.29, 0.717) is 5.95 Å². The SMILES string of the molecule is CC(C)/N=c1\cc2n(-c3ccc(F)cc3)c3ccccc3nc-2cc1Nc1ncccn1. The molecule has 1 aliphatic heterocycles. The van der Waals surface area contributed by atoms with Crippen molar-refractivity contribution in [1.82, 2.24) is 19.5 Å². The summed E-state index contributed by atoms with van der Waals surface area (Å²) in [7, 11) is 0. The number of benzene rings is 3. The second-order valence-corrected chi connectivity index (χ2v) is 7.69. The van der Waals surface area contributed by atoms with Gasteiger partial charge in [0, 0.05) is 24.1 Å². The summed E-state index contributed by atoms with van der Waals surface area (Å²) in [5, 5.41) is 4.04. The summed E-state index contributed by atoms with van der Waals surface area (Å²) in [4.78, 5) is 18.2. The minimum Gasteiger partial charge on any atom is -0.322 e. The van der Waals surface area contributed by atoms with Crippen LogP contribution < -0.4 is 10.7 Å². The highest BCUT2D eigenvalue weighted by Crippen LogP contribution is 2.30. The molecule has 5 rings (SSSR count). The number of aromatic nitrogens is 4. The molecule has 0 amide bonds. The molecule has 158 valence electrons. The van der Waals surface area contributed by atoms with Gasteiger partial charge in [-0.1, -0.05) is 12.1 Å². The van der Waals surface area contributed by atoms with Gasteiger partial charge in [-0.2, -0.15) is 0 Å². The van der Waals surface area contributed by atoms with Gasteiger partial charge < -0.3 is 9.88 Å². The highest BCUT2D eigenvalue weighted by molar-refractivity contribution is 5.84. The fraction of sp³-hybridized carbons (Fsp3) is 0.120. The van der Waals surface area contributed by atoms with Crippen molar-refractivity contribution in [2.24, 2.45) is 4.99 Å². The van der Waals surface area contributed by atoms with Crippen molar-refractivity contribution in [3.63, 3.8) is 0 Å². The Morgan fingerprint density at radius 2 is 1.69 bits per heavy atom. The Hall–Kier alpha value is -4.13. The fourth-order valence-corrected chi connectivity index (χ4v) is 3.68. The van der Waals surface area contributed by atoms with Gasteiger partial charge in [0.15, 0.2) is 0 Å². The first-order valence-corrected chi connectivity index (χ1v) is 10.4. The van der Waals surface area contributed by atoms with Gasteiger partial charge in [0.2, 0.25) is 5.95 Å². The van der Waals surface area contributed by atoms with Crippen LogP contribution in [0.2, 0.25) is 0 Å². The molecule has 7 heteroatoms. The predicted octanol–water partition coefficient (Wildman–Crippen LogP) is 5.11. The number of nitrogens with one attached hydrogen (secondary N) is 1. The topological polar surface area (TPSA) is 68.0 Å². The molecule has 0 saturated heterocycles. The Morgan fingerprint density at radius 3 is 2.44 bits per heavy atom. The maximum absolute atomic E-state index is 13.6. The van der Waals surface area contributed by atoms with Crippen LogP contribution in [0.4, 0.5) is 16.0 Å². The molecule has 1 aliphatic carbocycles. The second-order valence-electron chi connectivity index (χ2n) is 7.69. The summed E-state index contributed by atoms with van der Waals surface area (Å²) < 4.78 is 15.7. The monoisotopic (exact) mass is 424 g/mol. The normalized spacial score (nSPS) is 12.1. The van der Waals surface area contributed by atoms with Crippen LogP contribution in [0.5, 0.6) is 0 Å². The molecular formula is C25H21FN6. The Labute approximate surface area is 184 Å². The molecule has 0 spiro atoms. The average Bonchev–Trinajstić information content (AvgIpc) is 2.79. The van der Waals surface area contributed by atoms with Crippen molar-refractivity contribution in [3.8, 4) is 17.1 Å². The van der Waals surface area contributed by atoms with Crippen molar-refractivity contribution in [1.29, 1.82) is 0 Å². The minimum atomic E-state index is -0.276. The van der Waals surface area contributed by atoms with Gasteiger partial charge in [0.05, 0.1) is 33.5 Å². The number of rotatable bonds is 4. The van der Waals surface area contributed by atoms with Crippen LogP contribution in [0.15, 0.2) is 84.1 Å². The fourth-order valence-electron chi connectivity index (χ4n) is 3.68. The van der Waals surface area contributed by atoms with E-state index < -0.39 is 0 Å². The quantitative estimate of drug-likeness (QED) is 0.407. The average molecular weight is 424 g/mol. The Bertz CT molecular complexity index is 1430. The molecule has 0 radical (unpaired) electrons. The van der Waals surface area contributed by atoms with E-state index in [4.69, 9.17) is 9.98 Å². The highest BCUT2D eigenvalue weighted by atomic mass is 19.1. The first-order chi connectivity index (χ1) is 15.6. The van der Waals surface area contributed by atoms with Crippen LogP contribution in [0.25, 0.3) is 28.1 Å². The predicted molar refractivity (Wildman–Crippen MR) is 124 cm³/mol. The van der Waals surface area contributed by atoms with E-state index in [1.807, 2.05) is 50.2 Å². The first kappa shape index (κ1) is 19.8. The van der Waals surface area contributed by atoms with Gasteiger partial charge in [-0.05, 0) is 68.4 Å². The zero-order valence-electron chi connectivity index (χ0n) is 17.7. The largest absolute Gasteiger partial charge is 0.322 e. The molecule has 2 heterocycles. The number of halogens is 1. The minimum absolute atomic E-state index is 0.0809. The molecule has 0 saturated carbocycles. The molecular weight excluding hydrogens is 403 g/mol. The number of anilines is 2. The van der Waals surface area contributed by atoms with Gasteiger partial charge in [-0.3, -0.25) is 4.99 Å². The van der Waals surface area contributed by atoms with Crippen LogP contribution in [-0.2, 0) is 0 Å². The summed E-state index contributed by atoms with van der Waals surface area (Å²) in [6, 6.07) is 20.2. The van der Waals surface area contributed by atoms with E-state index in [9.17, 15) is 4.39 Å². The summed E-state index contributed by atoms with van der Waals surface area (Å²) in [5.41, 5.74) is 5.01. The van der Waals surface area contributed by atoms with Crippen molar-refractivity contribution in [2.45, 2.75) is 19.9 Å². The third-order valence-corrected chi connectivity index (χ3v) is 4.99. The Morgan fingerprint density at radius 1 is 0.938 bits per heavy atom. The van der Waals surface area contributed by atoms with Gasteiger partial charge in [-0.25, -0.2) is 19.3 Å². The van der Waals surface area contributed by atoms with Gasteiger partial charge in [0.1, 0.15) is 5.82 Å². The van der Waals surface area contributed by atoms with Gasteiger partial charge in [-0.15, -0.1) is 0 Å². The van der Waals surface area contributed by atoms with E-state index >= 15 is 0 Å². The van der Waals surface area contributed by atoms with Crippen LogP contribution in [0.1, 0.15) is 13.8 Å². The third kappa shape index (κ3) is 3.80. The van der Waals surface area contributed by atoms with Crippen molar-refractivity contribution < 1.29 is 4.39 Å². The lowest BCUT2D eigenvalue weighted by Crippen LogP contribution is -2.17. The zero-order chi connectivity index (χ0) is 22.1. The maximum atomic E-state index is 13.6. The Kier molecular flexibility index (Phi) is 5.07. The molecule has 0 atom stereocenters. The highest BCUT2D eigenvalue weighted by Gasteiger charge is 2.17. The number of para-hydroxylation sites is 2. The molecule has 0 unspecified atom stereocenters. The van der Waals surface area contributed by atoms with Crippen LogP contribution in [0, 0.1) is 5.82 Å². The Balaban J connectivity index is 1.83. The molecule has 2 aliphatic rings. The molecule has 3 aromatic rings. The van der Waals surface area contributed by atoms with Crippen molar-refractivity contribution in [2.75, 3.05) is 5.32 Å². The summed E-state index contributed by atoms with van der Waals surface area (Å²) in [6.45, 7) is 4.05. The lowest BCUT2D eigenvalue weighted by Gasteiger charge is -2.20. The molecule has 1 aromatic heterocycles. The molecule has 0 bridgehead atoms. The number of hydrogen-bond donors (Lipinski definition) is 1. The lowest BCUT2D eigenvalue weighted by atomic mass is 10.1. The van der Waals surface area contributed by atoms with Gasteiger partial charge >= 0.3 is 0 Å². The molecule has 0 fully saturated rings. The second kappa shape index (κ2) is 8.19. The molecule has 2 aromatic carbocycles. The first-order valence-electron chi connectivity index (χ1n) is 10.4. The third-order valence-electron chi connectivity index (χ3n) is 4.99. The van der Waals surface area contributed by atoms with E-state index in [1.165, 1.54) is 12.1 Å². The summed E-state index contributed by atoms with van der Waals surface area (Å²) in [5.74, 6) is 0.209. The van der Waals surface area contributed by atoms with Gasteiger partial charge in [0.25, 0.3) is 0 Å². The van der Waals surface area contributed by atoms with E-state index in [1.54, 1.807) is 30.6 Å². The van der Waals surface area contributed by atoms with E-state index in [2.05, 4.69) is 19.9 Å². The number of fused-ring (bicyclic) bond motifs is 2. The number of nitrogens with zero attached hydrogens (tertiary/aromatic N) is 5. The molecule has 1 N–H and O–H groups in total. The van der Waals surface area contributed by atoms with E-state index in [0.717, 1.165) is 39.2 Å². The lowest BCUT2D eigenvalue weighted by molar-refractivity contribution is 0.627. The molecule has 32 heavy (non-hydrogen) atoms. The summed E-state index contributed by atoms with van der Waals surface area (Å²) in [6.07, 6.45) is 3.37. The molecule has 6 nitrogen and oxygen atoms in total. The smallest absolute Gasteiger partial charge is 0.227 e. The van der Waals surface area contributed by atoms with Crippen molar-refractivity contribution >= 4 is 22.7 Å². The maximum Gasteiger partial charge on any atom is 0.227 e. The zero-order valence-corrected chi connectivity index (χ0v) is 17.7. The van der Waals surface area contributed by atoms with Crippen molar-refractivity contribution in [3.05, 3.63) is 90.3 Å². The van der Waals surface area contributed by atoms with E-state index in [-0.39, 0.29) is 11.9 Å². The number of hydrogen-bond acceptors (Lipinski definition) is 5. The van der Waals surface area contributed by atoms with Crippen LogP contribution >= 0.6 is 0 Å².